The number of carbonyl (C=O) groups is 1. The molecule has 0 radical (unpaired) electrons. The maximum atomic E-state index is 12.2. The van der Waals surface area contributed by atoms with Gasteiger partial charge in [-0.3, -0.25) is 4.79 Å². The second-order valence-corrected chi connectivity index (χ2v) is 5.17. The molecule has 0 bridgehead atoms. The molecule has 0 heterocycles. The molecule has 0 saturated carbocycles. The van der Waals surface area contributed by atoms with Gasteiger partial charge in [0.05, 0.1) is 12.7 Å². The van der Waals surface area contributed by atoms with Crippen LogP contribution in [0.1, 0.15) is 36.2 Å². The zero-order valence-corrected chi connectivity index (χ0v) is 11.0. The van der Waals surface area contributed by atoms with Gasteiger partial charge in [0.2, 0.25) is 0 Å². The van der Waals surface area contributed by atoms with Crippen molar-refractivity contribution in [3.8, 4) is 5.75 Å². The van der Waals surface area contributed by atoms with E-state index < -0.39 is 0 Å². The topological polar surface area (TPSA) is 52.3 Å². The summed E-state index contributed by atoms with van der Waals surface area (Å²) in [6.07, 6.45) is 0.434. The van der Waals surface area contributed by atoms with Crippen LogP contribution in [0.5, 0.6) is 5.75 Å². The van der Waals surface area contributed by atoms with E-state index in [0.717, 1.165) is 5.56 Å². The van der Waals surface area contributed by atoms with E-state index in [-0.39, 0.29) is 11.2 Å². The van der Waals surface area contributed by atoms with Crippen molar-refractivity contribution in [2.75, 3.05) is 13.7 Å². The number of hydrogen-bond acceptors (Lipinski definition) is 3. The zero-order chi connectivity index (χ0) is 13.1. The van der Waals surface area contributed by atoms with Crippen LogP contribution in [-0.2, 0) is 0 Å². The van der Waals surface area contributed by atoms with Gasteiger partial charge in [-0.25, -0.2) is 0 Å². The first kappa shape index (κ1) is 13.7. The van der Waals surface area contributed by atoms with E-state index in [1.165, 1.54) is 0 Å². The maximum Gasteiger partial charge on any atom is 0.167 e. The van der Waals surface area contributed by atoms with Crippen LogP contribution in [0, 0.1) is 12.3 Å². The van der Waals surface area contributed by atoms with Gasteiger partial charge in [-0.05, 0) is 31.0 Å². The lowest BCUT2D eigenvalue weighted by atomic mass is 9.85. The molecule has 0 aromatic heterocycles. The van der Waals surface area contributed by atoms with Crippen molar-refractivity contribution in [2.45, 2.75) is 27.2 Å². The number of ketones is 1. The SMILES string of the molecule is COc1ccc(C)cc1C(=O)CC(C)(C)CN. The van der Waals surface area contributed by atoms with Crippen molar-refractivity contribution >= 4 is 5.78 Å². The first-order chi connectivity index (χ1) is 7.89. The number of methoxy groups -OCH3 is 1. The Hall–Kier alpha value is -1.35. The van der Waals surface area contributed by atoms with Crippen molar-refractivity contribution in [2.24, 2.45) is 11.1 Å². The summed E-state index contributed by atoms with van der Waals surface area (Å²) in [4.78, 5) is 12.2. The number of hydrogen-bond donors (Lipinski definition) is 1. The second kappa shape index (κ2) is 5.32. The highest BCUT2D eigenvalue weighted by Crippen LogP contribution is 2.26. The molecule has 3 nitrogen and oxygen atoms in total. The molecule has 1 aromatic carbocycles. The van der Waals surface area contributed by atoms with Crippen molar-refractivity contribution in [3.05, 3.63) is 29.3 Å². The highest BCUT2D eigenvalue weighted by Gasteiger charge is 2.23. The Labute approximate surface area is 103 Å². The van der Waals surface area contributed by atoms with Gasteiger partial charge >= 0.3 is 0 Å². The summed E-state index contributed by atoms with van der Waals surface area (Å²) >= 11 is 0. The number of benzene rings is 1. The lowest BCUT2D eigenvalue weighted by Gasteiger charge is -2.21. The zero-order valence-electron chi connectivity index (χ0n) is 11.0. The van der Waals surface area contributed by atoms with Gasteiger partial charge in [-0.1, -0.05) is 25.5 Å². The van der Waals surface area contributed by atoms with Crippen LogP contribution in [0.15, 0.2) is 18.2 Å². The lowest BCUT2D eigenvalue weighted by Crippen LogP contribution is -2.26. The predicted molar refractivity (Wildman–Crippen MR) is 69.5 cm³/mol. The molecular weight excluding hydrogens is 214 g/mol. The summed E-state index contributed by atoms with van der Waals surface area (Å²) in [5.41, 5.74) is 7.18. The Morgan fingerprint density at radius 1 is 1.41 bits per heavy atom. The highest BCUT2D eigenvalue weighted by molar-refractivity contribution is 5.99. The molecule has 94 valence electrons. The summed E-state index contributed by atoms with van der Waals surface area (Å²) in [5.74, 6) is 0.717. The summed E-state index contributed by atoms with van der Waals surface area (Å²) in [7, 11) is 1.58. The normalized spacial score (nSPS) is 11.4. The molecular formula is C14H21NO2. The quantitative estimate of drug-likeness (QED) is 0.798. The Bertz CT molecular complexity index is 411. The molecule has 0 saturated heterocycles. The van der Waals surface area contributed by atoms with Gasteiger partial charge in [-0.15, -0.1) is 0 Å². The predicted octanol–water partition coefficient (Wildman–Crippen LogP) is 2.56. The molecule has 1 rings (SSSR count). The van der Waals surface area contributed by atoms with E-state index in [0.29, 0.717) is 24.3 Å². The molecule has 0 aliphatic heterocycles. The third kappa shape index (κ3) is 3.56. The van der Waals surface area contributed by atoms with Crippen LogP contribution in [0.4, 0.5) is 0 Å². The van der Waals surface area contributed by atoms with Gasteiger partial charge in [0, 0.05) is 6.42 Å². The lowest BCUT2D eigenvalue weighted by molar-refractivity contribution is 0.0931. The van der Waals surface area contributed by atoms with Gasteiger partial charge in [-0.2, -0.15) is 0 Å². The van der Waals surface area contributed by atoms with E-state index in [1.807, 2.05) is 39.0 Å². The van der Waals surface area contributed by atoms with Crippen molar-refractivity contribution in [1.29, 1.82) is 0 Å². The number of ether oxygens (including phenoxy) is 1. The Morgan fingerprint density at radius 2 is 2.06 bits per heavy atom. The van der Waals surface area contributed by atoms with E-state index >= 15 is 0 Å². The molecule has 0 amide bonds. The summed E-state index contributed by atoms with van der Waals surface area (Å²) in [5, 5.41) is 0. The third-order valence-electron chi connectivity index (χ3n) is 2.85. The van der Waals surface area contributed by atoms with Crippen LogP contribution < -0.4 is 10.5 Å². The number of Topliss-reactive ketones (excluding diaryl/α,β-unsaturated/α-hetero) is 1. The van der Waals surface area contributed by atoms with Gasteiger partial charge in [0.15, 0.2) is 5.78 Å². The minimum atomic E-state index is -0.175. The van der Waals surface area contributed by atoms with Crippen LogP contribution in [0.3, 0.4) is 0 Å². The number of carbonyl (C=O) groups excluding carboxylic acids is 1. The monoisotopic (exact) mass is 235 g/mol. The minimum Gasteiger partial charge on any atom is -0.496 e. The highest BCUT2D eigenvalue weighted by atomic mass is 16.5. The number of nitrogens with two attached hydrogens (primary N) is 1. The van der Waals surface area contributed by atoms with E-state index in [2.05, 4.69) is 0 Å². The standard InChI is InChI=1S/C14H21NO2/c1-10-5-6-13(17-4)11(7-10)12(16)8-14(2,3)9-15/h5-7H,8-9,15H2,1-4H3. The van der Waals surface area contributed by atoms with Crippen molar-refractivity contribution in [1.82, 2.24) is 0 Å². The Morgan fingerprint density at radius 3 is 2.59 bits per heavy atom. The summed E-state index contributed by atoms with van der Waals surface area (Å²) in [6.45, 7) is 6.44. The molecule has 0 spiro atoms. The largest absolute Gasteiger partial charge is 0.496 e. The average Bonchev–Trinajstić information content (AvgIpc) is 2.28. The third-order valence-corrected chi connectivity index (χ3v) is 2.85. The first-order valence-corrected chi connectivity index (χ1v) is 5.77. The summed E-state index contributed by atoms with van der Waals surface area (Å²) in [6, 6.07) is 5.63. The van der Waals surface area contributed by atoms with Crippen LogP contribution >= 0.6 is 0 Å². The van der Waals surface area contributed by atoms with E-state index in [1.54, 1.807) is 7.11 Å². The molecule has 3 heteroatoms. The molecule has 0 aliphatic carbocycles. The Balaban J connectivity index is 2.99. The van der Waals surface area contributed by atoms with Crippen LogP contribution in [0.2, 0.25) is 0 Å². The van der Waals surface area contributed by atoms with E-state index in [9.17, 15) is 4.79 Å². The molecule has 2 N–H and O–H groups in total. The summed E-state index contributed by atoms with van der Waals surface area (Å²) < 4.78 is 5.22. The minimum absolute atomic E-state index is 0.0843. The number of rotatable bonds is 5. The number of aryl methyl sites for hydroxylation is 1. The second-order valence-electron chi connectivity index (χ2n) is 5.17. The first-order valence-electron chi connectivity index (χ1n) is 5.77. The van der Waals surface area contributed by atoms with E-state index in [4.69, 9.17) is 10.5 Å². The van der Waals surface area contributed by atoms with Gasteiger partial charge < -0.3 is 10.5 Å². The van der Waals surface area contributed by atoms with Crippen LogP contribution in [-0.4, -0.2) is 19.4 Å². The fraction of sp³-hybridized carbons (Fsp3) is 0.500. The molecule has 0 fully saturated rings. The smallest absolute Gasteiger partial charge is 0.167 e. The maximum absolute atomic E-state index is 12.2. The molecule has 0 aliphatic rings. The van der Waals surface area contributed by atoms with Gasteiger partial charge in [0.1, 0.15) is 5.75 Å². The van der Waals surface area contributed by atoms with Crippen molar-refractivity contribution in [3.63, 3.8) is 0 Å². The fourth-order valence-electron chi connectivity index (χ4n) is 1.64. The molecule has 1 aromatic rings. The van der Waals surface area contributed by atoms with Crippen molar-refractivity contribution < 1.29 is 9.53 Å². The molecule has 17 heavy (non-hydrogen) atoms. The van der Waals surface area contributed by atoms with Gasteiger partial charge in [0.25, 0.3) is 0 Å². The molecule has 0 unspecified atom stereocenters. The Kier molecular flexibility index (Phi) is 4.29. The average molecular weight is 235 g/mol. The molecule has 0 atom stereocenters. The fourth-order valence-corrected chi connectivity index (χ4v) is 1.64. The van der Waals surface area contributed by atoms with Crippen LogP contribution in [0.25, 0.3) is 0 Å².